The molecule has 0 spiro atoms. The normalized spacial score (nSPS) is 11.3. The Hall–Kier alpha value is -1.43. The lowest BCUT2D eigenvalue weighted by molar-refractivity contribution is -0.386. The quantitative estimate of drug-likeness (QED) is 0.460. The predicted octanol–water partition coefficient (Wildman–Crippen LogP) is 3.02. The highest BCUT2D eigenvalue weighted by atomic mass is 28.3. The summed E-state index contributed by atoms with van der Waals surface area (Å²) in [5.41, 5.74) is 0.552. The molecule has 0 N–H and O–H groups in total. The van der Waals surface area contributed by atoms with Gasteiger partial charge in [0.05, 0.1) is 11.5 Å². The van der Waals surface area contributed by atoms with Gasteiger partial charge in [0.1, 0.15) is 0 Å². The van der Waals surface area contributed by atoms with Gasteiger partial charge in [0, 0.05) is 19.8 Å². The Morgan fingerprint density at radius 3 is 2.65 bits per heavy atom. The van der Waals surface area contributed by atoms with Crippen LogP contribution in [0.15, 0.2) is 12.3 Å². The summed E-state index contributed by atoms with van der Waals surface area (Å²) in [5.74, 6) is 0.133. The van der Waals surface area contributed by atoms with E-state index in [-0.39, 0.29) is 11.6 Å². The first-order chi connectivity index (χ1) is 7.81. The first kappa shape index (κ1) is 13.6. The molecule has 0 aliphatic carbocycles. The van der Waals surface area contributed by atoms with E-state index in [1.807, 2.05) is 0 Å². The van der Waals surface area contributed by atoms with Gasteiger partial charge in [-0.2, -0.15) is 0 Å². The molecular weight excluding hydrogens is 236 g/mol. The average Bonchev–Trinajstić information content (AvgIpc) is 2.14. The molecule has 1 aromatic rings. The Kier molecular flexibility index (Phi) is 4.22. The molecular formula is C11H18N2O3Si. The molecule has 1 heterocycles. The third kappa shape index (κ3) is 4.14. The van der Waals surface area contributed by atoms with Crippen LogP contribution in [0.1, 0.15) is 5.56 Å². The zero-order valence-electron chi connectivity index (χ0n) is 10.7. The smallest absolute Gasteiger partial charge is 0.333 e. The number of aryl methyl sites for hydroxylation is 1. The summed E-state index contributed by atoms with van der Waals surface area (Å²) in [4.78, 5) is 14.4. The van der Waals surface area contributed by atoms with Crippen LogP contribution in [0.5, 0.6) is 5.88 Å². The van der Waals surface area contributed by atoms with Crippen LogP contribution < -0.4 is 4.74 Å². The van der Waals surface area contributed by atoms with E-state index >= 15 is 0 Å². The number of nitrogens with zero attached hydrogens (tertiary/aromatic N) is 2. The van der Waals surface area contributed by atoms with Crippen molar-refractivity contribution in [2.45, 2.75) is 32.6 Å². The molecule has 17 heavy (non-hydrogen) atoms. The maximum atomic E-state index is 10.9. The number of pyridine rings is 1. The second-order valence-electron chi connectivity index (χ2n) is 5.20. The minimum atomic E-state index is -1.19. The highest BCUT2D eigenvalue weighted by Crippen LogP contribution is 2.27. The number of ether oxygens (including phenoxy) is 1. The molecule has 0 aliphatic heterocycles. The van der Waals surface area contributed by atoms with Gasteiger partial charge in [-0.25, -0.2) is 4.98 Å². The van der Waals surface area contributed by atoms with Crippen molar-refractivity contribution in [2.75, 3.05) is 6.61 Å². The predicted molar refractivity (Wildman–Crippen MR) is 69.3 cm³/mol. The number of rotatable bonds is 5. The number of aromatic nitrogens is 1. The lowest BCUT2D eigenvalue weighted by Gasteiger charge is -2.15. The fourth-order valence-corrected chi connectivity index (χ4v) is 2.02. The van der Waals surface area contributed by atoms with E-state index in [2.05, 4.69) is 24.6 Å². The molecule has 0 fully saturated rings. The topological polar surface area (TPSA) is 65.3 Å². The van der Waals surface area contributed by atoms with Crippen molar-refractivity contribution in [3.05, 3.63) is 27.9 Å². The molecule has 0 aliphatic rings. The summed E-state index contributed by atoms with van der Waals surface area (Å²) in [7, 11) is -1.19. The van der Waals surface area contributed by atoms with Crippen LogP contribution in [-0.4, -0.2) is 24.6 Å². The SMILES string of the molecule is Cc1ccnc(OCC[Si](C)(C)C)c1[N+](=O)[O-]. The summed E-state index contributed by atoms with van der Waals surface area (Å²) in [6.07, 6.45) is 1.53. The lowest BCUT2D eigenvalue weighted by Crippen LogP contribution is -2.22. The van der Waals surface area contributed by atoms with Crippen molar-refractivity contribution in [3.63, 3.8) is 0 Å². The van der Waals surface area contributed by atoms with Crippen LogP contribution in [0.3, 0.4) is 0 Å². The van der Waals surface area contributed by atoms with Crippen molar-refractivity contribution in [1.29, 1.82) is 0 Å². The standard InChI is InChI=1S/C11H18N2O3Si/c1-9-5-6-12-11(10(9)13(14)15)16-7-8-17(2,3)4/h5-6H,7-8H2,1-4H3. The maximum Gasteiger partial charge on any atom is 0.333 e. The van der Waals surface area contributed by atoms with Crippen molar-refractivity contribution in [1.82, 2.24) is 4.98 Å². The molecule has 1 rings (SSSR count). The molecule has 6 heteroatoms. The summed E-state index contributed by atoms with van der Waals surface area (Å²) >= 11 is 0. The molecule has 94 valence electrons. The van der Waals surface area contributed by atoms with Gasteiger partial charge < -0.3 is 4.74 Å². The molecule has 0 radical (unpaired) electrons. The number of hydrogen-bond donors (Lipinski definition) is 0. The Labute approximate surface area is 102 Å². The Morgan fingerprint density at radius 2 is 2.12 bits per heavy atom. The molecule has 0 unspecified atom stereocenters. The van der Waals surface area contributed by atoms with Gasteiger partial charge in [0.25, 0.3) is 5.88 Å². The summed E-state index contributed by atoms with van der Waals surface area (Å²) in [5, 5.41) is 10.9. The Balaban J connectivity index is 2.78. The van der Waals surface area contributed by atoms with Crippen molar-refractivity contribution >= 4 is 13.8 Å². The molecule has 0 saturated heterocycles. The molecule has 0 atom stereocenters. The van der Waals surface area contributed by atoms with E-state index in [0.717, 1.165) is 6.04 Å². The van der Waals surface area contributed by atoms with Crippen molar-refractivity contribution in [2.24, 2.45) is 0 Å². The first-order valence-corrected chi connectivity index (χ1v) is 9.25. The summed E-state index contributed by atoms with van der Waals surface area (Å²) < 4.78 is 5.44. The summed E-state index contributed by atoms with van der Waals surface area (Å²) in [6, 6.07) is 2.57. The second-order valence-corrected chi connectivity index (χ2v) is 10.8. The van der Waals surface area contributed by atoms with Gasteiger partial charge in [-0.05, 0) is 19.0 Å². The molecule has 0 aromatic carbocycles. The average molecular weight is 254 g/mol. The Morgan fingerprint density at radius 1 is 1.47 bits per heavy atom. The highest BCUT2D eigenvalue weighted by Gasteiger charge is 2.21. The van der Waals surface area contributed by atoms with E-state index in [0.29, 0.717) is 12.2 Å². The van der Waals surface area contributed by atoms with Crippen LogP contribution >= 0.6 is 0 Å². The third-order valence-electron chi connectivity index (χ3n) is 2.37. The van der Waals surface area contributed by atoms with Crippen molar-refractivity contribution < 1.29 is 9.66 Å². The first-order valence-electron chi connectivity index (χ1n) is 5.54. The van der Waals surface area contributed by atoms with E-state index in [1.165, 1.54) is 6.20 Å². The summed E-state index contributed by atoms with van der Waals surface area (Å²) in [6.45, 7) is 8.87. The van der Waals surface area contributed by atoms with Crippen molar-refractivity contribution in [3.8, 4) is 5.88 Å². The van der Waals surface area contributed by atoms with Gasteiger partial charge >= 0.3 is 5.69 Å². The lowest BCUT2D eigenvalue weighted by atomic mass is 10.2. The van der Waals surface area contributed by atoms with Crippen LogP contribution in [0.2, 0.25) is 25.7 Å². The van der Waals surface area contributed by atoms with Gasteiger partial charge in [0.2, 0.25) is 0 Å². The van der Waals surface area contributed by atoms with E-state index in [1.54, 1.807) is 13.0 Å². The van der Waals surface area contributed by atoms with Crippen LogP contribution in [0.4, 0.5) is 5.69 Å². The molecule has 1 aromatic heterocycles. The number of nitro groups is 1. The van der Waals surface area contributed by atoms with Crippen LogP contribution in [0, 0.1) is 17.0 Å². The second kappa shape index (κ2) is 5.26. The highest BCUT2D eigenvalue weighted by molar-refractivity contribution is 6.76. The van der Waals surface area contributed by atoms with Gasteiger partial charge in [-0.1, -0.05) is 19.6 Å². The molecule has 0 bridgehead atoms. The zero-order valence-corrected chi connectivity index (χ0v) is 11.7. The third-order valence-corrected chi connectivity index (χ3v) is 4.07. The minimum Gasteiger partial charge on any atom is -0.473 e. The monoisotopic (exact) mass is 254 g/mol. The zero-order chi connectivity index (χ0) is 13.1. The molecule has 5 nitrogen and oxygen atoms in total. The van der Waals surface area contributed by atoms with E-state index in [9.17, 15) is 10.1 Å². The molecule has 0 saturated carbocycles. The van der Waals surface area contributed by atoms with Gasteiger partial charge in [0.15, 0.2) is 0 Å². The van der Waals surface area contributed by atoms with Gasteiger partial charge in [-0.3, -0.25) is 10.1 Å². The minimum absolute atomic E-state index is 0.0249. The fraction of sp³-hybridized carbons (Fsp3) is 0.545. The molecule has 0 amide bonds. The largest absolute Gasteiger partial charge is 0.473 e. The van der Waals surface area contributed by atoms with E-state index in [4.69, 9.17) is 4.74 Å². The van der Waals surface area contributed by atoms with Gasteiger partial charge in [-0.15, -0.1) is 0 Å². The van der Waals surface area contributed by atoms with Crippen LogP contribution in [0.25, 0.3) is 0 Å². The maximum absolute atomic E-state index is 10.9. The fourth-order valence-electron chi connectivity index (χ4n) is 1.31. The van der Waals surface area contributed by atoms with Crippen LogP contribution in [-0.2, 0) is 0 Å². The Bertz CT molecular complexity index is 416. The van der Waals surface area contributed by atoms with E-state index < -0.39 is 13.0 Å². The number of hydrogen-bond acceptors (Lipinski definition) is 4.